The predicted molar refractivity (Wildman–Crippen MR) is 75.8 cm³/mol. The summed E-state index contributed by atoms with van der Waals surface area (Å²) in [5.74, 6) is 0.0553. The molecule has 1 aromatic heterocycles. The summed E-state index contributed by atoms with van der Waals surface area (Å²) in [6.45, 7) is 3.03. The minimum Gasteiger partial charge on any atom is -0.384 e. The number of fused-ring (bicyclic) bond motifs is 1. The lowest BCUT2D eigenvalue weighted by molar-refractivity contribution is 0.123. The zero-order valence-corrected chi connectivity index (χ0v) is 10.6. The van der Waals surface area contributed by atoms with Crippen LogP contribution in [0.15, 0.2) is 30.5 Å². The smallest absolute Gasteiger partial charge is 0.126 e. The van der Waals surface area contributed by atoms with Gasteiger partial charge in [0.2, 0.25) is 0 Å². The number of hydrogen-bond acceptors (Lipinski definition) is 4. The highest BCUT2D eigenvalue weighted by Crippen LogP contribution is 2.29. The van der Waals surface area contributed by atoms with Crippen molar-refractivity contribution in [1.82, 2.24) is 4.98 Å². The second-order valence-corrected chi connectivity index (χ2v) is 4.55. The fourth-order valence-electron chi connectivity index (χ4n) is 2.45. The Bertz CT molecular complexity index is 620. The summed E-state index contributed by atoms with van der Waals surface area (Å²) in [5.41, 5.74) is 8.32. The molecule has 1 aliphatic heterocycles. The van der Waals surface area contributed by atoms with Crippen LogP contribution >= 0.6 is 0 Å². The minimum atomic E-state index is 0.0553. The third kappa shape index (κ3) is 2.13. The molecule has 1 aromatic carbocycles. The van der Waals surface area contributed by atoms with E-state index in [2.05, 4.69) is 9.88 Å². The fourth-order valence-corrected chi connectivity index (χ4v) is 2.45. The molecule has 0 bridgehead atoms. The predicted octanol–water partition coefficient (Wildman–Crippen LogP) is 1.36. The molecule has 0 amide bonds. The first kappa shape index (κ1) is 11.9. The highest BCUT2D eigenvalue weighted by atomic mass is 16.5. The summed E-state index contributed by atoms with van der Waals surface area (Å²) in [6.07, 6.45) is 1.69. The Kier molecular flexibility index (Phi) is 3.05. The number of amidine groups is 1. The van der Waals surface area contributed by atoms with Crippen LogP contribution < -0.4 is 10.6 Å². The SMILES string of the molecule is N=C(N)c1cnc2ccccc2c1N1CCOCC1. The van der Waals surface area contributed by atoms with Crippen molar-refractivity contribution in [1.29, 1.82) is 5.41 Å². The van der Waals surface area contributed by atoms with Gasteiger partial charge in [-0.2, -0.15) is 0 Å². The zero-order valence-electron chi connectivity index (χ0n) is 10.6. The van der Waals surface area contributed by atoms with Crippen molar-refractivity contribution in [2.45, 2.75) is 0 Å². The molecule has 5 nitrogen and oxygen atoms in total. The van der Waals surface area contributed by atoms with E-state index in [1.807, 2.05) is 24.3 Å². The number of benzene rings is 1. The summed E-state index contributed by atoms with van der Waals surface area (Å²) in [7, 11) is 0. The molecule has 1 fully saturated rings. The van der Waals surface area contributed by atoms with Crippen LogP contribution in [0, 0.1) is 5.41 Å². The Morgan fingerprint density at radius 2 is 2.00 bits per heavy atom. The molecule has 2 heterocycles. The molecule has 2 aromatic rings. The molecular weight excluding hydrogens is 240 g/mol. The van der Waals surface area contributed by atoms with E-state index >= 15 is 0 Å². The average Bonchev–Trinajstić information content (AvgIpc) is 2.46. The number of rotatable bonds is 2. The minimum absolute atomic E-state index is 0.0553. The second-order valence-electron chi connectivity index (χ2n) is 4.55. The molecule has 3 rings (SSSR count). The maximum absolute atomic E-state index is 7.75. The van der Waals surface area contributed by atoms with Gasteiger partial charge in [-0.1, -0.05) is 18.2 Å². The molecule has 98 valence electrons. The van der Waals surface area contributed by atoms with Crippen molar-refractivity contribution in [3.8, 4) is 0 Å². The van der Waals surface area contributed by atoms with Crippen molar-refractivity contribution < 1.29 is 4.74 Å². The van der Waals surface area contributed by atoms with Crippen LogP contribution in [0.25, 0.3) is 10.9 Å². The molecule has 0 atom stereocenters. The quantitative estimate of drug-likeness (QED) is 0.628. The van der Waals surface area contributed by atoms with Gasteiger partial charge in [0.05, 0.1) is 30.0 Å². The molecule has 0 unspecified atom stereocenters. The van der Waals surface area contributed by atoms with Gasteiger partial charge in [-0.3, -0.25) is 10.4 Å². The lowest BCUT2D eigenvalue weighted by Gasteiger charge is -2.31. The summed E-state index contributed by atoms with van der Waals surface area (Å²) in [5, 5.41) is 8.79. The lowest BCUT2D eigenvalue weighted by Crippen LogP contribution is -2.37. The van der Waals surface area contributed by atoms with Crippen molar-refractivity contribution in [2.75, 3.05) is 31.2 Å². The summed E-state index contributed by atoms with van der Waals surface area (Å²) in [6, 6.07) is 7.95. The van der Waals surface area contributed by atoms with Gasteiger partial charge in [0.25, 0.3) is 0 Å². The van der Waals surface area contributed by atoms with Crippen LogP contribution in [0.3, 0.4) is 0 Å². The molecule has 0 spiro atoms. The molecular formula is C14H16N4O. The van der Waals surface area contributed by atoms with E-state index in [-0.39, 0.29) is 5.84 Å². The molecule has 1 aliphatic rings. The highest BCUT2D eigenvalue weighted by Gasteiger charge is 2.19. The Balaban J connectivity index is 2.21. The monoisotopic (exact) mass is 256 g/mol. The molecule has 3 N–H and O–H groups in total. The van der Waals surface area contributed by atoms with E-state index in [0.29, 0.717) is 18.8 Å². The van der Waals surface area contributed by atoms with Crippen molar-refractivity contribution >= 4 is 22.4 Å². The van der Waals surface area contributed by atoms with E-state index in [4.69, 9.17) is 15.9 Å². The van der Waals surface area contributed by atoms with Gasteiger partial charge >= 0.3 is 0 Å². The van der Waals surface area contributed by atoms with Gasteiger partial charge in [0, 0.05) is 24.7 Å². The first-order valence-corrected chi connectivity index (χ1v) is 6.32. The highest BCUT2D eigenvalue weighted by molar-refractivity contribution is 6.07. The topological polar surface area (TPSA) is 75.2 Å². The molecule has 0 aliphatic carbocycles. The van der Waals surface area contributed by atoms with Crippen molar-refractivity contribution in [3.05, 3.63) is 36.0 Å². The Morgan fingerprint density at radius 3 is 2.74 bits per heavy atom. The Labute approximate surface area is 111 Å². The van der Waals surface area contributed by atoms with Crippen LogP contribution in [-0.4, -0.2) is 37.1 Å². The molecule has 19 heavy (non-hydrogen) atoms. The number of nitrogens with one attached hydrogen (secondary N) is 1. The number of para-hydroxylation sites is 1. The van der Waals surface area contributed by atoms with Gasteiger partial charge in [-0.05, 0) is 6.07 Å². The van der Waals surface area contributed by atoms with Crippen LogP contribution in [-0.2, 0) is 4.74 Å². The maximum Gasteiger partial charge on any atom is 0.126 e. The number of hydrogen-bond donors (Lipinski definition) is 2. The molecule has 5 heteroatoms. The summed E-state index contributed by atoms with van der Waals surface area (Å²) < 4.78 is 5.39. The standard InChI is InChI=1S/C14H16N4O/c15-14(16)11-9-17-12-4-2-1-3-10(12)13(11)18-5-7-19-8-6-18/h1-4,9H,5-8H2,(H3,15,16). The number of ether oxygens (including phenoxy) is 1. The van der Waals surface area contributed by atoms with E-state index < -0.39 is 0 Å². The van der Waals surface area contributed by atoms with Crippen LogP contribution in [0.5, 0.6) is 0 Å². The number of nitrogens with two attached hydrogens (primary N) is 1. The number of nitrogen functional groups attached to an aromatic ring is 1. The van der Waals surface area contributed by atoms with Gasteiger partial charge < -0.3 is 15.4 Å². The lowest BCUT2D eigenvalue weighted by atomic mass is 10.1. The van der Waals surface area contributed by atoms with Crippen LogP contribution in [0.1, 0.15) is 5.56 Å². The first-order chi connectivity index (χ1) is 9.27. The normalized spacial score (nSPS) is 15.7. The number of aromatic nitrogens is 1. The zero-order chi connectivity index (χ0) is 13.2. The second kappa shape index (κ2) is 4.85. The number of nitrogens with zero attached hydrogens (tertiary/aromatic N) is 2. The van der Waals surface area contributed by atoms with Crippen molar-refractivity contribution in [2.24, 2.45) is 5.73 Å². The van der Waals surface area contributed by atoms with Crippen molar-refractivity contribution in [3.63, 3.8) is 0 Å². The number of morpholine rings is 1. The molecule has 0 saturated carbocycles. The Hall–Kier alpha value is -2.14. The summed E-state index contributed by atoms with van der Waals surface area (Å²) in [4.78, 5) is 6.61. The number of pyridine rings is 1. The molecule has 1 saturated heterocycles. The average molecular weight is 256 g/mol. The Morgan fingerprint density at radius 1 is 1.26 bits per heavy atom. The van der Waals surface area contributed by atoms with Gasteiger partial charge in [0.1, 0.15) is 5.84 Å². The summed E-state index contributed by atoms with van der Waals surface area (Å²) >= 11 is 0. The van der Waals surface area contributed by atoms with Gasteiger partial charge in [0.15, 0.2) is 0 Å². The third-order valence-electron chi connectivity index (χ3n) is 3.36. The fraction of sp³-hybridized carbons (Fsp3) is 0.286. The first-order valence-electron chi connectivity index (χ1n) is 6.32. The van der Waals surface area contributed by atoms with E-state index in [1.165, 1.54) is 0 Å². The third-order valence-corrected chi connectivity index (χ3v) is 3.36. The van der Waals surface area contributed by atoms with Gasteiger partial charge in [-0.25, -0.2) is 0 Å². The maximum atomic E-state index is 7.75. The number of anilines is 1. The van der Waals surface area contributed by atoms with E-state index in [9.17, 15) is 0 Å². The van der Waals surface area contributed by atoms with E-state index in [1.54, 1.807) is 6.20 Å². The van der Waals surface area contributed by atoms with E-state index in [0.717, 1.165) is 29.7 Å². The van der Waals surface area contributed by atoms with Crippen LogP contribution in [0.2, 0.25) is 0 Å². The largest absolute Gasteiger partial charge is 0.384 e. The van der Waals surface area contributed by atoms with Gasteiger partial charge in [-0.15, -0.1) is 0 Å². The van der Waals surface area contributed by atoms with Crippen LogP contribution in [0.4, 0.5) is 5.69 Å². The molecule has 0 radical (unpaired) electrons.